The van der Waals surface area contributed by atoms with Crippen molar-refractivity contribution in [3.63, 3.8) is 0 Å². The molecule has 1 aliphatic heterocycles. The highest BCUT2D eigenvalue weighted by molar-refractivity contribution is 5.44. The highest BCUT2D eigenvalue weighted by atomic mass is 15.2. The van der Waals surface area contributed by atoms with E-state index < -0.39 is 0 Å². The molecule has 2 N–H and O–H groups in total. The van der Waals surface area contributed by atoms with Gasteiger partial charge < -0.3 is 10.6 Å². The van der Waals surface area contributed by atoms with E-state index in [9.17, 15) is 0 Å². The number of aromatic nitrogens is 1. The molecule has 0 amide bonds. The summed E-state index contributed by atoms with van der Waals surface area (Å²) in [6.07, 6.45) is 4.57. The number of likely N-dealkylation sites (tertiary alicyclic amines) is 1. The number of hydrogen-bond acceptors (Lipinski definition) is 4. The van der Waals surface area contributed by atoms with Gasteiger partial charge in [-0.15, -0.1) is 0 Å². The first-order chi connectivity index (χ1) is 9.11. The molecule has 0 spiro atoms. The summed E-state index contributed by atoms with van der Waals surface area (Å²) in [7, 11) is 2.15. The summed E-state index contributed by atoms with van der Waals surface area (Å²) in [6, 6.07) is 4.84. The van der Waals surface area contributed by atoms with Crippen LogP contribution in [0.15, 0.2) is 18.3 Å². The van der Waals surface area contributed by atoms with Crippen molar-refractivity contribution in [1.29, 1.82) is 0 Å². The zero-order valence-corrected chi connectivity index (χ0v) is 12.3. The smallest absolute Gasteiger partial charge is 0.0569 e. The van der Waals surface area contributed by atoms with Crippen molar-refractivity contribution >= 4 is 5.69 Å². The Bertz CT molecular complexity index is 388. The van der Waals surface area contributed by atoms with Gasteiger partial charge in [0, 0.05) is 25.7 Å². The first-order valence-corrected chi connectivity index (χ1v) is 7.28. The van der Waals surface area contributed by atoms with Crippen molar-refractivity contribution in [1.82, 2.24) is 9.88 Å². The number of hydrogen-bond donors (Lipinski definition) is 1. The summed E-state index contributed by atoms with van der Waals surface area (Å²) >= 11 is 0. The predicted octanol–water partition coefficient (Wildman–Crippen LogP) is 2.02. The maximum atomic E-state index is 5.83. The van der Waals surface area contributed by atoms with Crippen molar-refractivity contribution in [3.8, 4) is 0 Å². The van der Waals surface area contributed by atoms with Crippen LogP contribution >= 0.6 is 0 Å². The number of anilines is 1. The topological polar surface area (TPSA) is 45.4 Å². The monoisotopic (exact) mass is 262 g/mol. The van der Waals surface area contributed by atoms with Crippen molar-refractivity contribution in [3.05, 3.63) is 24.0 Å². The van der Waals surface area contributed by atoms with Crippen LogP contribution in [0.25, 0.3) is 0 Å². The zero-order valence-electron chi connectivity index (χ0n) is 12.3. The van der Waals surface area contributed by atoms with E-state index in [1.807, 2.05) is 19.2 Å². The molecule has 106 valence electrons. The summed E-state index contributed by atoms with van der Waals surface area (Å²) < 4.78 is 0. The molecular weight excluding hydrogens is 236 g/mol. The molecule has 1 aromatic rings. The Hall–Kier alpha value is -1.13. The fraction of sp³-hybridized carbons (Fsp3) is 0.667. The molecule has 1 aliphatic rings. The standard InChI is InChI=1S/C15H26N4/c1-4-19-9-5-6-14(19)11-18(3)13-7-8-15(12(2)16)17-10-13/h7-8,10,12,14H,4-6,9,11,16H2,1-3H3. The van der Waals surface area contributed by atoms with Crippen LogP contribution in [0.3, 0.4) is 0 Å². The molecule has 19 heavy (non-hydrogen) atoms. The summed E-state index contributed by atoms with van der Waals surface area (Å²) in [4.78, 5) is 9.30. The van der Waals surface area contributed by atoms with Crippen molar-refractivity contribution in [2.75, 3.05) is 31.6 Å². The third-order valence-corrected chi connectivity index (χ3v) is 4.07. The molecule has 4 heteroatoms. The van der Waals surface area contributed by atoms with E-state index in [1.54, 1.807) is 0 Å². The van der Waals surface area contributed by atoms with Gasteiger partial charge in [-0.3, -0.25) is 9.88 Å². The second-order valence-electron chi connectivity index (χ2n) is 5.54. The van der Waals surface area contributed by atoms with Crippen LogP contribution in [0, 0.1) is 0 Å². The third kappa shape index (κ3) is 3.45. The van der Waals surface area contributed by atoms with E-state index in [4.69, 9.17) is 5.73 Å². The van der Waals surface area contributed by atoms with Crippen LogP contribution in [0.2, 0.25) is 0 Å². The normalized spacial score (nSPS) is 21.6. The van der Waals surface area contributed by atoms with Crippen LogP contribution in [-0.4, -0.2) is 42.6 Å². The quantitative estimate of drug-likeness (QED) is 0.882. The molecule has 0 saturated carbocycles. The molecular formula is C15H26N4. The molecule has 1 saturated heterocycles. The summed E-state index contributed by atoms with van der Waals surface area (Å²) in [5, 5.41) is 0. The Morgan fingerprint density at radius 2 is 2.32 bits per heavy atom. The molecule has 0 aromatic carbocycles. The lowest BCUT2D eigenvalue weighted by molar-refractivity contribution is 0.270. The molecule has 2 rings (SSSR count). The van der Waals surface area contributed by atoms with Crippen LogP contribution in [0.5, 0.6) is 0 Å². The molecule has 0 radical (unpaired) electrons. The van der Waals surface area contributed by atoms with Gasteiger partial charge in [0.1, 0.15) is 0 Å². The Balaban J connectivity index is 1.97. The lowest BCUT2D eigenvalue weighted by Crippen LogP contribution is -2.38. The van der Waals surface area contributed by atoms with Gasteiger partial charge in [0.15, 0.2) is 0 Å². The average molecular weight is 262 g/mol. The Morgan fingerprint density at radius 3 is 2.89 bits per heavy atom. The fourth-order valence-electron chi connectivity index (χ4n) is 2.83. The van der Waals surface area contributed by atoms with Crippen molar-refractivity contribution in [2.45, 2.75) is 38.8 Å². The highest BCUT2D eigenvalue weighted by Crippen LogP contribution is 2.20. The molecule has 2 unspecified atom stereocenters. The molecule has 2 atom stereocenters. The maximum Gasteiger partial charge on any atom is 0.0569 e. The van der Waals surface area contributed by atoms with Gasteiger partial charge in [-0.1, -0.05) is 6.92 Å². The van der Waals surface area contributed by atoms with E-state index in [0.29, 0.717) is 6.04 Å². The van der Waals surface area contributed by atoms with Crippen LogP contribution in [0.4, 0.5) is 5.69 Å². The zero-order chi connectivity index (χ0) is 13.8. The summed E-state index contributed by atoms with van der Waals surface area (Å²) in [5.41, 5.74) is 7.95. The van der Waals surface area contributed by atoms with E-state index in [-0.39, 0.29) is 6.04 Å². The minimum Gasteiger partial charge on any atom is -0.372 e. The molecule has 4 nitrogen and oxygen atoms in total. The predicted molar refractivity (Wildman–Crippen MR) is 80.4 cm³/mol. The van der Waals surface area contributed by atoms with Crippen LogP contribution in [0.1, 0.15) is 38.4 Å². The number of pyridine rings is 1. The number of nitrogens with two attached hydrogens (primary N) is 1. The third-order valence-electron chi connectivity index (χ3n) is 4.07. The first kappa shape index (κ1) is 14.3. The fourth-order valence-corrected chi connectivity index (χ4v) is 2.83. The average Bonchev–Trinajstić information content (AvgIpc) is 2.86. The van der Waals surface area contributed by atoms with Crippen LogP contribution < -0.4 is 10.6 Å². The summed E-state index contributed by atoms with van der Waals surface area (Å²) in [5.74, 6) is 0. The molecule has 0 aliphatic carbocycles. The first-order valence-electron chi connectivity index (χ1n) is 7.28. The number of nitrogens with zero attached hydrogens (tertiary/aromatic N) is 3. The van der Waals surface area contributed by atoms with E-state index >= 15 is 0 Å². The minimum atomic E-state index is 0.00442. The van der Waals surface area contributed by atoms with Gasteiger partial charge in [-0.25, -0.2) is 0 Å². The SMILES string of the molecule is CCN1CCCC1CN(C)c1ccc(C(C)N)nc1. The van der Waals surface area contributed by atoms with Crippen molar-refractivity contribution < 1.29 is 0 Å². The molecule has 2 heterocycles. The number of rotatable bonds is 5. The van der Waals surface area contributed by atoms with Crippen LogP contribution in [-0.2, 0) is 0 Å². The second-order valence-corrected chi connectivity index (χ2v) is 5.54. The maximum absolute atomic E-state index is 5.83. The lowest BCUT2D eigenvalue weighted by Gasteiger charge is -2.29. The Labute approximate surface area is 116 Å². The van der Waals surface area contributed by atoms with Gasteiger partial charge in [-0.2, -0.15) is 0 Å². The van der Waals surface area contributed by atoms with Gasteiger partial charge in [0.05, 0.1) is 17.6 Å². The number of likely N-dealkylation sites (N-methyl/N-ethyl adjacent to an activating group) is 2. The van der Waals surface area contributed by atoms with Crippen molar-refractivity contribution in [2.24, 2.45) is 5.73 Å². The second kappa shape index (κ2) is 6.35. The van der Waals surface area contributed by atoms with E-state index in [1.165, 1.54) is 25.1 Å². The van der Waals surface area contributed by atoms with Gasteiger partial charge in [0.25, 0.3) is 0 Å². The molecule has 1 fully saturated rings. The summed E-state index contributed by atoms with van der Waals surface area (Å²) in [6.45, 7) is 7.69. The highest BCUT2D eigenvalue weighted by Gasteiger charge is 2.24. The molecule has 1 aromatic heterocycles. The minimum absolute atomic E-state index is 0.00442. The largest absolute Gasteiger partial charge is 0.372 e. The van der Waals surface area contributed by atoms with Gasteiger partial charge in [0.2, 0.25) is 0 Å². The Morgan fingerprint density at radius 1 is 1.53 bits per heavy atom. The van der Waals surface area contributed by atoms with E-state index in [2.05, 4.69) is 34.8 Å². The van der Waals surface area contributed by atoms with Gasteiger partial charge in [-0.05, 0) is 45.0 Å². The molecule has 0 bridgehead atoms. The van der Waals surface area contributed by atoms with Gasteiger partial charge >= 0.3 is 0 Å². The Kier molecular flexibility index (Phi) is 4.77. The lowest BCUT2D eigenvalue weighted by atomic mass is 10.2. The van der Waals surface area contributed by atoms with E-state index in [0.717, 1.165) is 18.8 Å².